The second-order valence-electron chi connectivity index (χ2n) is 8.86. The van der Waals surface area contributed by atoms with E-state index in [2.05, 4.69) is 10.3 Å². The van der Waals surface area contributed by atoms with Crippen molar-refractivity contribution >= 4 is 61.7 Å². The molecule has 37 heavy (non-hydrogen) atoms. The number of nitro benzene ring substituents is 1. The molecular formula is C24H26N4O6S3. The van der Waals surface area contributed by atoms with Crippen LogP contribution in [0.15, 0.2) is 61.5 Å². The number of carbonyl (C=O) groups excluding carboxylic acids is 1. The summed E-state index contributed by atoms with van der Waals surface area (Å²) in [6.07, 6.45) is 2.24. The number of non-ortho nitro benzene ring substituents is 1. The van der Waals surface area contributed by atoms with E-state index in [9.17, 15) is 23.3 Å². The van der Waals surface area contributed by atoms with Crippen LogP contribution in [0.1, 0.15) is 26.3 Å². The zero-order chi connectivity index (χ0) is 27.5. The van der Waals surface area contributed by atoms with Gasteiger partial charge in [-0.1, -0.05) is 12.1 Å². The van der Waals surface area contributed by atoms with E-state index in [1.54, 1.807) is 46.1 Å². The highest BCUT2D eigenvalue weighted by atomic mass is 32.2. The topological polar surface area (TPSA) is 154 Å². The lowest BCUT2D eigenvalue weighted by Crippen LogP contribution is -2.31. The van der Waals surface area contributed by atoms with Gasteiger partial charge in [-0.2, -0.15) is 0 Å². The Balaban J connectivity index is 1.95. The third-order valence-electron chi connectivity index (χ3n) is 4.90. The van der Waals surface area contributed by atoms with E-state index in [1.807, 2.05) is 0 Å². The van der Waals surface area contributed by atoms with Gasteiger partial charge in [-0.25, -0.2) is 18.2 Å². The van der Waals surface area contributed by atoms with Crippen LogP contribution in [0.4, 0.5) is 21.2 Å². The van der Waals surface area contributed by atoms with E-state index < -0.39 is 26.5 Å². The van der Waals surface area contributed by atoms with Gasteiger partial charge in [0.25, 0.3) is 5.69 Å². The maximum atomic E-state index is 13.6. The Hall–Kier alpha value is -3.42. The summed E-state index contributed by atoms with van der Waals surface area (Å²) in [6.45, 7) is 6.88. The molecular weight excluding hydrogens is 536 g/mol. The molecule has 3 rings (SSSR count). The number of ether oxygens (including phenoxy) is 1. The highest BCUT2D eigenvalue weighted by molar-refractivity contribution is 8.01. The Morgan fingerprint density at radius 1 is 1.24 bits per heavy atom. The van der Waals surface area contributed by atoms with Crippen LogP contribution in [-0.4, -0.2) is 37.6 Å². The van der Waals surface area contributed by atoms with Crippen LogP contribution >= 0.6 is 23.1 Å². The summed E-state index contributed by atoms with van der Waals surface area (Å²) in [5.74, 6) is 0. The van der Waals surface area contributed by atoms with Crippen LogP contribution in [0.5, 0.6) is 0 Å². The van der Waals surface area contributed by atoms with E-state index in [0.29, 0.717) is 25.9 Å². The zero-order valence-corrected chi connectivity index (χ0v) is 23.2. The standard InChI is InChI=1S/C24H26N4O6S3/c1-14-9-16(28(30)31)11-18(25)21(14)15-7-6-8-17(10-15)37(32,33)19-12-20(36-22(19)35-5)26-13-27-23(29)34-24(2,3)4/h6-13H,25H2,1-5H3,(H,26,27,29). The SMILES string of the molecule is CSc1sc(N=CNC(=O)OC(C)(C)C)cc1S(=O)(=O)c1cccc(-c2c(C)cc([N+](=O)[O-])cc2N)c1. The normalized spacial score (nSPS) is 12.0. The fourth-order valence-electron chi connectivity index (χ4n) is 3.44. The lowest BCUT2D eigenvalue weighted by Gasteiger charge is -2.18. The first kappa shape index (κ1) is 28.2. The number of thiophene rings is 1. The van der Waals surface area contributed by atoms with Crippen molar-refractivity contribution in [1.82, 2.24) is 5.32 Å². The molecule has 0 aliphatic heterocycles. The lowest BCUT2D eigenvalue weighted by atomic mass is 9.98. The molecule has 3 aromatic rings. The van der Waals surface area contributed by atoms with Gasteiger partial charge >= 0.3 is 6.09 Å². The summed E-state index contributed by atoms with van der Waals surface area (Å²) in [6, 6.07) is 10.4. The van der Waals surface area contributed by atoms with E-state index >= 15 is 0 Å². The number of aryl methyl sites for hydroxylation is 1. The van der Waals surface area contributed by atoms with Crippen molar-refractivity contribution in [3.05, 3.63) is 58.1 Å². The molecule has 0 aliphatic rings. The molecule has 196 valence electrons. The fourth-order valence-corrected chi connectivity index (χ4v) is 7.30. The third kappa shape index (κ3) is 6.67. The van der Waals surface area contributed by atoms with Gasteiger partial charge in [0.2, 0.25) is 9.84 Å². The number of nitrogens with zero attached hydrogens (tertiary/aromatic N) is 2. The van der Waals surface area contributed by atoms with Crippen molar-refractivity contribution in [2.24, 2.45) is 4.99 Å². The molecule has 0 saturated carbocycles. The third-order valence-corrected chi connectivity index (χ3v) is 9.11. The summed E-state index contributed by atoms with van der Waals surface area (Å²) in [5, 5.41) is 13.9. The Bertz CT molecular complexity index is 1470. The predicted molar refractivity (Wildman–Crippen MR) is 147 cm³/mol. The molecule has 0 bridgehead atoms. The van der Waals surface area contributed by atoms with Crippen LogP contribution in [0.3, 0.4) is 0 Å². The summed E-state index contributed by atoms with van der Waals surface area (Å²) in [5.41, 5.74) is 7.07. The molecule has 0 saturated heterocycles. The second kappa shape index (κ2) is 10.9. The average molecular weight is 563 g/mol. The Labute approximate surface area is 223 Å². The largest absolute Gasteiger partial charge is 0.444 e. The summed E-state index contributed by atoms with van der Waals surface area (Å²) < 4.78 is 32.9. The molecule has 1 amide bonds. The van der Waals surface area contributed by atoms with Gasteiger partial charge in [0.15, 0.2) is 0 Å². The van der Waals surface area contributed by atoms with Crippen molar-refractivity contribution in [3.63, 3.8) is 0 Å². The smallest absolute Gasteiger partial charge is 0.412 e. The number of hydrogen-bond acceptors (Lipinski definition) is 10. The Morgan fingerprint density at radius 2 is 1.95 bits per heavy atom. The number of thioether (sulfide) groups is 1. The fraction of sp³-hybridized carbons (Fsp3) is 0.250. The van der Waals surface area contributed by atoms with Gasteiger partial charge in [-0.3, -0.25) is 15.4 Å². The number of nitrogen functional groups attached to an aromatic ring is 1. The number of nitro groups is 1. The van der Waals surface area contributed by atoms with E-state index in [0.717, 1.165) is 6.34 Å². The van der Waals surface area contributed by atoms with Gasteiger partial charge in [0.05, 0.1) is 25.3 Å². The van der Waals surface area contributed by atoms with Crippen molar-refractivity contribution in [1.29, 1.82) is 0 Å². The maximum absolute atomic E-state index is 13.6. The first-order valence-electron chi connectivity index (χ1n) is 10.8. The monoisotopic (exact) mass is 562 g/mol. The molecule has 13 heteroatoms. The molecule has 0 fully saturated rings. The number of anilines is 1. The molecule has 0 unspecified atom stereocenters. The molecule has 0 atom stereocenters. The number of amides is 1. The molecule has 0 aliphatic carbocycles. The number of nitrogens with one attached hydrogen (secondary N) is 1. The van der Waals surface area contributed by atoms with Crippen molar-refractivity contribution in [2.45, 2.75) is 47.3 Å². The molecule has 1 aromatic heterocycles. The van der Waals surface area contributed by atoms with Gasteiger partial charge in [-0.05, 0) is 63.3 Å². The average Bonchev–Trinajstić information content (AvgIpc) is 3.21. The minimum Gasteiger partial charge on any atom is -0.444 e. The Kier molecular flexibility index (Phi) is 8.30. The van der Waals surface area contributed by atoms with Gasteiger partial charge in [0, 0.05) is 23.4 Å². The van der Waals surface area contributed by atoms with Crippen molar-refractivity contribution < 1.29 is 22.9 Å². The maximum Gasteiger partial charge on any atom is 0.412 e. The number of rotatable bonds is 7. The van der Waals surface area contributed by atoms with Gasteiger partial charge in [-0.15, -0.1) is 23.1 Å². The molecule has 2 aromatic carbocycles. The molecule has 10 nitrogen and oxygen atoms in total. The number of carbonyl (C=O) groups is 1. The second-order valence-corrected chi connectivity index (χ2v) is 12.9. The van der Waals surface area contributed by atoms with Gasteiger partial charge < -0.3 is 10.5 Å². The van der Waals surface area contributed by atoms with Crippen LogP contribution in [0.2, 0.25) is 0 Å². The first-order valence-corrected chi connectivity index (χ1v) is 14.4. The molecule has 0 spiro atoms. The Morgan fingerprint density at radius 3 is 2.54 bits per heavy atom. The first-order chi connectivity index (χ1) is 17.2. The van der Waals surface area contributed by atoms with Crippen LogP contribution in [0.25, 0.3) is 11.1 Å². The van der Waals surface area contributed by atoms with E-state index in [-0.39, 0.29) is 21.2 Å². The number of sulfone groups is 1. The molecule has 3 N–H and O–H groups in total. The van der Waals surface area contributed by atoms with Crippen LogP contribution in [-0.2, 0) is 14.6 Å². The minimum atomic E-state index is -3.95. The highest BCUT2D eigenvalue weighted by Gasteiger charge is 2.25. The number of aliphatic imine (C=N–C) groups is 1. The van der Waals surface area contributed by atoms with Gasteiger partial charge in [0.1, 0.15) is 10.6 Å². The lowest BCUT2D eigenvalue weighted by molar-refractivity contribution is -0.384. The number of nitrogens with two attached hydrogens (primary N) is 1. The number of benzene rings is 2. The van der Waals surface area contributed by atoms with Crippen LogP contribution < -0.4 is 11.1 Å². The highest BCUT2D eigenvalue weighted by Crippen LogP contribution is 2.41. The van der Waals surface area contributed by atoms with Crippen molar-refractivity contribution in [2.75, 3.05) is 12.0 Å². The molecule has 0 radical (unpaired) electrons. The van der Waals surface area contributed by atoms with E-state index in [1.165, 1.54) is 53.4 Å². The quantitative estimate of drug-likeness (QED) is 0.0893. The van der Waals surface area contributed by atoms with E-state index in [4.69, 9.17) is 10.5 Å². The van der Waals surface area contributed by atoms with Crippen molar-refractivity contribution in [3.8, 4) is 11.1 Å². The minimum absolute atomic E-state index is 0.0395. The molecule has 1 heterocycles. The summed E-state index contributed by atoms with van der Waals surface area (Å²) in [4.78, 5) is 26.7. The van der Waals surface area contributed by atoms with Crippen LogP contribution in [0, 0.1) is 17.0 Å². The number of alkyl carbamates (subject to hydrolysis) is 1. The number of hydrogen-bond donors (Lipinski definition) is 2. The zero-order valence-electron chi connectivity index (χ0n) is 20.8. The summed E-state index contributed by atoms with van der Waals surface area (Å²) in [7, 11) is -3.95. The predicted octanol–water partition coefficient (Wildman–Crippen LogP) is 5.95. The summed E-state index contributed by atoms with van der Waals surface area (Å²) >= 11 is 2.43.